The van der Waals surface area contributed by atoms with Crippen LogP contribution < -0.4 is 10.1 Å². The van der Waals surface area contributed by atoms with Crippen LogP contribution in [0, 0.1) is 11.3 Å². The van der Waals surface area contributed by atoms with Crippen LogP contribution in [0.15, 0.2) is 40.9 Å². The van der Waals surface area contributed by atoms with Crippen LogP contribution in [0.2, 0.25) is 0 Å². The standard InChI is InChI=1S/C19H13BrN2O3S/c20-15-7-10(9-21)1-6-16(15)25-12-3-5-13-11(8-12)2-4-14(13)17-18(23)22-19(24)26-17/h1,3,5-8,14,17H,2,4H2,(H,22,23,24)/t14-,17?/m1/s1. The maximum atomic E-state index is 12.0. The third-order valence-corrected chi connectivity index (χ3v) is 6.34. The van der Waals surface area contributed by atoms with Gasteiger partial charge < -0.3 is 4.74 Å². The van der Waals surface area contributed by atoms with E-state index in [2.05, 4.69) is 27.3 Å². The smallest absolute Gasteiger partial charge is 0.286 e. The van der Waals surface area contributed by atoms with Gasteiger partial charge in [-0.25, -0.2) is 0 Å². The van der Waals surface area contributed by atoms with Gasteiger partial charge in [0.1, 0.15) is 16.7 Å². The zero-order valence-electron chi connectivity index (χ0n) is 13.5. The SMILES string of the molecule is N#Cc1ccc(Oc2ccc3c(c2)CC[C@H]3C2SC(=O)NC2=O)c(Br)c1. The Hall–Kier alpha value is -2.30. The van der Waals surface area contributed by atoms with Gasteiger partial charge in [-0.2, -0.15) is 5.26 Å². The van der Waals surface area contributed by atoms with E-state index < -0.39 is 0 Å². The normalized spacial score (nSPS) is 21.2. The highest BCUT2D eigenvalue weighted by molar-refractivity contribution is 9.10. The number of nitriles is 1. The van der Waals surface area contributed by atoms with Crippen molar-refractivity contribution in [2.45, 2.75) is 24.0 Å². The molecule has 2 aliphatic rings. The maximum Gasteiger partial charge on any atom is 0.286 e. The Morgan fingerprint density at radius 1 is 1.23 bits per heavy atom. The summed E-state index contributed by atoms with van der Waals surface area (Å²) in [4.78, 5) is 23.4. The van der Waals surface area contributed by atoms with Crippen LogP contribution in [0.5, 0.6) is 11.5 Å². The molecule has 1 aliphatic heterocycles. The number of carbonyl (C=O) groups excluding carboxylic acids is 2. The largest absolute Gasteiger partial charge is 0.456 e. The Morgan fingerprint density at radius 3 is 2.77 bits per heavy atom. The number of rotatable bonds is 3. The molecule has 1 saturated heterocycles. The molecule has 1 unspecified atom stereocenters. The third kappa shape index (κ3) is 3.11. The van der Waals surface area contributed by atoms with Gasteiger partial charge in [-0.05, 0) is 70.2 Å². The van der Waals surface area contributed by atoms with Crippen LogP contribution in [0.3, 0.4) is 0 Å². The van der Waals surface area contributed by atoms with E-state index in [1.807, 2.05) is 18.2 Å². The van der Waals surface area contributed by atoms with Gasteiger partial charge in [0, 0.05) is 5.92 Å². The van der Waals surface area contributed by atoms with Crippen LogP contribution in [-0.2, 0) is 11.2 Å². The predicted molar refractivity (Wildman–Crippen MR) is 101 cm³/mol. The molecule has 1 fully saturated rings. The summed E-state index contributed by atoms with van der Waals surface area (Å²) in [5.74, 6) is 1.20. The summed E-state index contributed by atoms with van der Waals surface area (Å²) >= 11 is 4.50. The van der Waals surface area contributed by atoms with Gasteiger partial charge in [-0.3, -0.25) is 14.9 Å². The summed E-state index contributed by atoms with van der Waals surface area (Å²) in [5.41, 5.74) is 2.81. The number of halogens is 1. The first-order valence-corrected chi connectivity index (χ1v) is 9.74. The van der Waals surface area contributed by atoms with Gasteiger partial charge in [0.15, 0.2) is 0 Å². The molecule has 0 aromatic heterocycles. The fourth-order valence-electron chi connectivity index (χ4n) is 3.42. The highest BCUT2D eigenvalue weighted by Crippen LogP contribution is 2.43. The van der Waals surface area contributed by atoms with Crippen molar-refractivity contribution in [1.82, 2.24) is 5.32 Å². The maximum absolute atomic E-state index is 12.0. The molecular weight excluding hydrogens is 416 g/mol. The van der Waals surface area contributed by atoms with Crippen molar-refractivity contribution in [3.63, 3.8) is 0 Å². The molecule has 1 aliphatic carbocycles. The lowest BCUT2D eigenvalue weighted by Gasteiger charge is -2.16. The quantitative estimate of drug-likeness (QED) is 0.778. The van der Waals surface area contributed by atoms with E-state index in [0.29, 0.717) is 21.5 Å². The lowest BCUT2D eigenvalue weighted by molar-refractivity contribution is -0.119. The second kappa shape index (κ2) is 6.78. The van der Waals surface area contributed by atoms with E-state index >= 15 is 0 Å². The van der Waals surface area contributed by atoms with E-state index in [1.54, 1.807) is 18.2 Å². The summed E-state index contributed by atoms with van der Waals surface area (Å²) in [5, 5.41) is 10.7. The van der Waals surface area contributed by atoms with E-state index in [9.17, 15) is 9.59 Å². The number of hydrogen-bond acceptors (Lipinski definition) is 5. The van der Waals surface area contributed by atoms with E-state index in [1.165, 1.54) is 0 Å². The molecule has 2 atom stereocenters. The Balaban J connectivity index is 1.56. The van der Waals surface area contributed by atoms with Crippen molar-refractivity contribution >= 4 is 38.8 Å². The topological polar surface area (TPSA) is 79.2 Å². The zero-order valence-corrected chi connectivity index (χ0v) is 15.9. The number of ether oxygens (including phenoxy) is 1. The highest BCUT2D eigenvalue weighted by atomic mass is 79.9. The Morgan fingerprint density at radius 2 is 2.08 bits per heavy atom. The number of amides is 2. The molecule has 5 nitrogen and oxygen atoms in total. The average molecular weight is 429 g/mol. The number of nitrogens with zero attached hydrogens (tertiary/aromatic N) is 1. The molecule has 2 aromatic carbocycles. The number of nitrogens with one attached hydrogen (secondary N) is 1. The van der Waals surface area contributed by atoms with Crippen molar-refractivity contribution in [3.05, 3.63) is 57.6 Å². The fraction of sp³-hybridized carbons (Fsp3) is 0.211. The van der Waals surface area contributed by atoms with E-state index in [4.69, 9.17) is 10.00 Å². The molecule has 7 heteroatoms. The lowest BCUT2D eigenvalue weighted by atomic mass is 9.97. The summed E-state index contributed by atoms with van der Waals surface area (Å²) in [7, 11) is 0. The minimum Gasteiger partial charge on any atom is -0.456 e. The predicted octanol–water partition coefficient (Wildman–Crippen LogP) is 4.49. The van der Waals surface area contributed by atoms with E-state index in [0.717, 1.165) is 35.7 Å². The lowest BCUT2D eigenvalue weighted by Crippen LogP contribution is -2.27. The minimum atomic E-state index is -0.344. The molecular formula is C19H13BrN2O3S. The van der Waals surface area contributed by atoms with Crippen molar-refractivity contribution in [1.29, 1.82) is 5.26 Å². The number of fused-ring (bicyclic) bond motifs is 1. The monoisotopic (exact) mass is 428 g/mol. The second-order valence-electron chi connectivity index (χ2n) is 6.18. The van der Waals surface area contributed by atoms with Crippen molar-refractivity contribution in [3.8, 4) is 17.6 Å². The molecule has 0 radical (unpaired) electrons. The Kier molecular flexibility index (Phi) is 4.47. The van der Waals surface area contributed by atoms with Gasteiger partial charge in [0.25, 0.3) is 5.24 Å². The molecule has 0 bridgehead atoms. The van der Waals surface area contributed by atoms with Crippen molar-refractivity contribution in [2.24, 2.45) is 0 Å². The van der Waals surface area contributed by atoms with E-state index in [-0.39, 0.29) is 22.3 Å². The average Bonchev–Trinajstić information content (AvgIpc) is 3.18. The molecule has 26 heavy (non-hydrogen) atoms. The molecule has 0 spiro atoms. The molecule has 1 heterocycles. The van der Waals surface area contributed by atoms with Crippen molar-refractivity contribution < 1.29 is 14.3 Å². The van der Waals surface area contributed by atoms with Crippen LogP contribution in [0.25, 0.3) is 0 Å². The Labute approximate surface area is 162 Å². The number of aryl methyl sites for hydroxylation is 1. The summed E-state index contributed by atoms with van der Waals surface area (Å²) in [6.45, 7) is 0. The molecule has 0 saturated carbocycles. The zero-order chi connectivity index (χ0) is 18.3. The molecule has 1 N–H and O–H groups in total. The molecule has 2 aromatic rings. The van der Waals surface area contributed by atoms with Crippen LogP contribution in [-0.4, -0.2) is 16.4 Å². The summed E-state index contributed by atoms with van der Waals surface area (Å²) in [6, 6.07) is 13.1. The first-order chi connectivity index (χ1) is 12.5. The van der Waals surface area contributed by atoms with Crippen LogP contribution in [0.1, 0.15) is 29.0 Å². The molecule has 4 rings (SSSR count). The second-order valence-corrected chi connectivity index (χ2v) is 8.15. The van der Waals surface area contributed by atoms with Gasteiger partial charge in [0.2, 0.25) is 5.91 Å². The summed E-state index contributed by atoms with van der Waals surface area (Å²) < 4.78 is 6.65. The number of hydrogen-bond donors (Lipinski definition) is 1. The number of carbonyl (C=O) groups is 2. The van der Waals surface area contributed by atoms with Crippen molar-refractivity contribution in [2.75, 3.05) is 0 Å². The van der Waals surface area contributed by atoms with Gasteiger partial charge in [-0.15, -0.1) is 0 Å². The highest BCUT2D eigenvalue weighted by Gasteiger charge is 2.41. The number of imide groups is 1. The Bertz CT molecular complexity index is 970. The molecule has 130 valence electrons. The van der Waals surface area contributed by atoms with Gasteiger partial charge in [0.05, 0.1) is 16.1 Å². The number of benzene rings is 2. The van der Waals surface area contributed by atoms with Gasteiger partial charge >= 0.3 is 0 Å². The minimum absolute atomic E-state index is 0.0529. The van der Waals surface area contributed by atoms with Crippen LogP contribution >= 0.6 is 27.7 Å². The third-order valence-electron chi connectivity index (χ3n) is 4.61. The van der Waals surface area contributed by atoms with Gasteiger partial charge in [-0.1, -0.05) is 17.8 Å². The van der Waals surface area contributed by atoms with Crippen LogP contribution in [0.4, 0.5) is 4.79 Å². The number of thioether (sulfide) groups is 1. The first-order valence-electron chi connectivity index (χ1n) is 8.07. The first kappa shape index (κ1) is 17.1. The summed E-state index contributed by atoms with van der Waals surface area (Å²) in [6.07, 6.45) is 1.70. The molecule has 2 amide bonds. The fourth-order valence-corrected chi connectivity index (χ4v) is 4.88.